The predicted molar refractivity (Wildman–Crippen MR) is 64.2 cm³/mol. The lowest BCUT2D eigenvalue weighted by atomic mass is 10.1. The average Bonchev–Trinajstić information content (AvgIpc) is 2.35. The Balaban J connectivity index is 2.99. The molecule has 17 heavy (non-hydrogen) atoms. The molecule has 92 valence electrons. The molecule has 1 rings (SSSR count). The van der Waals surface area contributed by atoms with Crippen LogP contribution in [0.1, 0.15) is 15.9 Å². The largest absolute Gasteiger partial charge is 0.490 e. The summed E-state index contributed by atoms with van der Waals surface area (Å²) in [6.45, 7) is 4.36. The third-order valence-electron chi connectivity index (χ3n) is 2.07. The van der Waals surface area contributed by atoms with Crippen molar-refractivity contribution >= 4 is 5.97 Å². The van der Waals surface area contributed by atoms with E-state index in [2.05, 4.69) is 11.3 Å². The van der Waals surface area contributed by atoms with Crippen LogP contribution in [0, 0.1) is 0 Å². The first-order chi connectivity index (χ1) is 8.21. The highest BCUT2D eigenvalue weighted by atomic mass is 16.5. The van der Waals surface area contributed by atoms with Crippen molar-refractivity contribution in [1.82, 2.24) is 0 Å². The first-order valence-electron chi connectivity index (χ1n) is 5.16. The Morgan fingerprint density at radius 2 is 2.12 bits per heavy atom. The van der Waals surface area contributed by atoms with Gasteiger partial charge in [0.25, 0.3) is 0 Å². The lowest BCUT2D eigenvalue weighted by Crippen LogP contribution is -2.04. The highest BCUT2D eigenvalue weighted by molar-refractivity contribution is 5.90. The molecule has 0 aliphatic heterocycles. The zero-order valence-electron chi connectivity index (χ0n) is 10.1. The topological polar surface area (TPSA) is 44.8 Å². The Labute approximate surface area is 101 Å². The maximum Gasteiger partial charge on any atom is 0.337 e. The molecule has 1 aromatic rings. The van der Waals surface area contributed by atoms with Crippen molar-refractivity contribution in [2.24, 2.45) is 0 Å². The number of rotatable bonds is 6. The van der Waals surface area contributed by atoms with Gasteiger partial charge in [0.1, 0.15) is 12.4 Å². The minimum absolute atomic E-state index is 0.386. The molecule has 4 heteroatoms. The zero-order chi connectivity index (χ0) is 12.7. The summed E-state index contributed by atoms with van der Waals surface area (Å²) in [6.07, 6.45) is 1.64. The number of hydrogen-bond acceptors (Lipinski definition) is 4. The van der Waals surface area contributed by atoms with Crippen molar-refractivity contribution in [3.05, 3.63) is 42.0 Å². The molecule has 0 atom stereocenters. The molecule has 0 bridgehead atoms. The number of hydrogen-bond donors (Lipinski definition) is 0. The fraction of sp³-hybridized carbons (Fsp3) is 0.308. The van der Waals surface area contributed by atoms with Gasteiger partial charge in [0.05, 0.1) is 19.3 Å². The van der Waals surface area contributed by atoms with Crippen LogP contribution in [0.25, 0.3) is 0 Å². The highest BCUT2D eigenvalue weighted by Crippen LogP contribution is 2.19. The summed E-state index contributed by atoms with van der Waals surface area (Å²) < 4.78 is 15.1. The van der Waals surface area contributed by atoms with E-state index in [0.29, 0.717) is 24.5 Å². The molecule has 0 heterocycles. The van der Waals surface area contributed by atoms with Crippen LogP contribution in [-0.4, -0.2) is 26.8 Å². The van der Waals surface area contributed by atoms with E-state index >= 15 is 0 Å². The van der Waals surface area contributed by atoms with E-state index in [-0.39, 0.29) is 0 Å². The maximum atomic E-state index is 11.5. The van der Waals surface area contributed by atoms with E-state index in [0.717, 1.165) is 5.56 Å². The lowest BCUT2D eigenvalue weighted by Gasteiger charge is -2.08. The molecular weight excluding hydrogens is 220 g/mol. The van der Waals surface area contributed by atoms with Crippen molar-refractivity contribution in [2.75, 3.05) is 20.8 Å². The summed E-state index contributed by atoms with van der Waals surface area (Å²) in [5, 5.41) is 0. The van der Waals surface area contributed by atoms with E-state index in [1.54, 1.807) is 25.3 Å². The van der Waals surface area contributed by atoms with Crippen LogP contribution in [0.4, 0.5) is 0 Å². The molecule has 4 nitrogen and oxygen atoms in total. The summed E-state index contributed by atoms with van der Waals surface area (Å²) in [5.41, 5.74) is 1.30. The predicted octanol–water partition coefficient (Wildman–Crippen LogP) is 2.18. The third-order valence-corrected chi connectivity index (χ3v) is 2.07. The fourth-order valence-corrected chi connectivity index (χ4v) is 1.38. The van der Waals surface area contributed by atoms with Crippen LogP contribution in [0.2, 0.25) is 0 Å². The second-order valence-electron chi connectivity index (χ2n) is 3.39. The summed E-state index contributed by atoms with van der Waals surface area (Å²) in [7, 11) is 2.94. The second kappa shape index (κ2) is 6.70. The Morgan fingerprint density at radius 1 is 1.35 bits per heavy atom. The Morgan fingerprint density at radius 3 is 2.71 bits per heavy atom. The monoisotopic (exact) mass is 236 g/mol. The van der Waals surface area contributed by atoms with Crippen molar-refractivity contribution in [2.45, 2.75) is 6.61 Å². The Kier molecular flexibility index (Phi) is 5.23. The van der Waals surface area contributed by atoms with Gasteiger partial charge < -0.3 is 14.2 Å². The van der Waals surface area contributed by atoms with Gasteiger partial charge in [-0.2, -0.15) is 0 Å². The molecule has 0 aliphatic carbocycles. The van der Waals surface area contributed by atoms with Gasteiger partial charge in [0, 0.05) is 7.11 Å². The van der Waals surface area contributed by atoms with Crippen molar-refractivity contribution < 1.29 is 19.0 Å². The van der Waals surface area contributed by atoms with Gasteiger partial charge >= 0.3 is 5.97 Å². The minimum atomic E-state index is -0.397. The minimum Gasteiger partial charge on any atom is -0.490 e. The molecule has 0 saturated carbocycles. The molecule has 0 unspecified atom stereocenters. The normalized spacial score (nSPS) is 9.76. The van der Waals surface area contributed by atoms with Gasteiger partial charge in [-0.1, -0.05) is 12.7 Å². The quantitative estimate of drug-likeness (QED) is 0.561. The van der Waals surface area contributed by atoms with Gasteiger partial charge in [0.15, 0.2) is 0 Å². The molecule has 1 aromatic carbocycles. The summed E-state index contributed by atoms with van der Waals surface area (Å²) in [5.74, 6) is 0.200. The number of esters is 1. The van der Waals surface area contributed by atoms with E-state index < -0.39 is 5.97 Å². The standard InChI is InChI=1S/C13H16O4/c1-4-5-17-12-7-10(9-15-2)6-11(8-12)13(14)16-3/h4,6-8H,1,5,9H2,2-3H3. The van der Waals surface area contributed by atoms with Gasteiger partial charge in [0.2, 0.25) is 0 Å². The smallest absolute Gasteiger partial charge is 0.337 e. The Hall–Kier alpha value is -1.81. The van der Waals surface area contributed by atoms with Gasteiger partial charge in [-0.3, -0.25) is 0 Å². The second-order valence-corrected chi connectivity index (χ2v) is 3.39. The summed E-state index contributed by atoms with van der Waals surface area (Å²) in [6, 6.07) is 5.17. The molecule has 0 radical (unpaired) electrons. The van der Waals surface area contributed by atoms with Gasteiger partial charge in [-0.15, -0.1) is 0 Å². The Bertz CT molecular complexity index is 398. The molecule has 0 fully saturated rings. The highest BCUT2D eigenvalue weighted by Gasteiger charge is 2.09. The SMILES string of the molecule is C=CCOc1cc(COC)cc(C(=O)OC)c1. The first kappa shape index (κ1) is 13.3. The fourth-order valence-electron chi connectivity index (χ4n) is 1.38. The lowest BCUT2D eigenvalue weighted by molar-refractivity contribution is 0.0600. The molecule has 0 saturated heterocycles. The summed E-state index contributed by atoms with van der Waals surface area (Å²) in [4.78, 5) is 11.5. The maximum absolute atomic E-state index is 11.5. The van der Waals surface area contributed by atoms with Gasteiger partial charge in [-0.25, -0.2) is 4.79 Å². The van der Waals surface area contributed by atoms with E-state index in [9.17, 15) is 4.79 Å². The number of methoxy groups -OCH3 is 2. The van der Waals surface area contributed by atoms with Crippen LogP contribution in [-0.2, 0) is 16.1 Å². The van der Waals surface area contributed by atoms with Crippen LogP contribution >= 0.6 is 0 Å². The molecule has 0 amide bonds. The third kappa shape index (κ3) is 3.92. The van der Waals surface area contributed by atoms with Crippen molar-refractivity contribution in [1.29, 1.82) is 0 Å². The van der Waals surface area contributed by atoms with Crippen molar-refractivity contribution in [3.8, 4) is 5.75 Å². The number of ether oxygens (including phenoxy) is 3. The van der Waals surface area contributed by atoms with E-state index in [1.807, 2.05) is 6.07 Å². The molecule has 0 aromatic heterocycles. The van der Waals surface area contributed by atoms with Crippen molar-refractivity contribution in [3.63, 3.8) is 0 Å². The number of carbonyl (C=O) groups excluding carboxylic acids is 1. The van der Waals surface area contributed by atoms with Crippen LogP contribution in [0.3, 0.4) is 0 Å². The molecular formula is C13H16O4. The van der Waals surface area contributed by atoms with Crippen LogP contribution in [0.15, 0.2) is 30.9 Å². The molecule has 0 spiro atoms. The molecule has 0 aliphatic rings. The van der Waals surface area contributed by atoms with E-state index in [4.69, 9.17) is 9.47 Å². The van der Waals surface area contributed by atoms with E-state index in [1.165, 1.54) is 7.11 Å². The zero-order valence-corrected chi connectivity index (χ0v) is 10.1. The number of benzene rings is 1. The summed E-state index contributed by atoms with van der Waals surface area (Å²) >= 11 is 0. The first-order valence-corrected chi connectivity index (χ1v) is 5.16. The number of carbonyl (C=O) groups is 1. The van der Waals surface area contributed by atoms with Gasteiger partial charge in [-0.05, 0) is 23.8 Å². The van der Waals surface area contributed by atoms with Crippen LogP contribution in [0.5, 0.6) is 5.75 Å². The van der Waals surface area contributed by atoms with Crippen LogP contribution < -0.4 is 4.74 Å². The molecule has 0 N–H and O–H groups in total. The average molecular weight is 236 g/mol.